The predicted octanol–water partition coefficient (Wildman–Crippen LogP) is 4.37. The Balaban J connectivity index is 1.32. The van der Waals surface area contributed by atoms with Crippen LogP contribution in [0, 0.1) is 6.92 Å². The number of piperidine rings is 1. The zero-order valence-corrected chi connectivity index (χ0v) is 21.0. The molecule has 2 fully saturated rings. The normalized spacial score (nSPS) is 18.0. The quantitative estimate of drug-likeness (QED) is 0.446. The highest BCUT2D eigenvalue weighted by atomic mass is 16.7. The summed E-state index contributed by atoms with van der Waals surface area (Å²) in [6.45, 7) is 6.84. The number of aromatic nitrogens is 2. The maximum absolute atomic E-state index is 13.4. The van der Waals surface area contributed by atoms with Gasteiger partial charge in [0.2, 0.25) is 5.88 Å². The average Bonchev–Trinajstić information content (AvgIpc) is 3.32. The second-order valence-corrected chi connectivity index (χ2v) is 9.56. The minimum Gasteiger partial charge on any atom is -0.437 e. The Morgan fingerprint density at radius 1 is 1.11 bits per heavy atom. The number of nitrogens with one attached hydrogen (secondary N) is 2. The Kier molecular flexibility index (Phi) is 5.85. The molecule has 1 amide bonds. The van der Waals surface area contributed by atoms with E-state index in [0.717, 1.165) is 48.6 Å². The van der Waals surface area contributed by atoms with Crippen molar-refractivity contribution < 1.29 is 19.0 Å². The van der Waals surface area contributed by atoms with Gasteiger partial charge >= 0.3 is 0 Å². The van der Waals surface area contributed by atoms with E-state index in [2.05, 4.69) is 31.6 Å². The first-order valence-electron chi connectivity index (χ1n) is 12.6. The fourth-order valence-electron chi connectivity index (χ4n) is 5.24. The minimum absolute atomic E-state index is 0.220. The first-order valence-corrected chi connectivity index (χ1v) is 12.6. The summed E-state index contributed by atoms with van der Waals surface area (Å²) in [7, 11) is 0. The molecule has 10 nitrogen and oxygen atoms in total. The Morgan fingerprint density at radius 3 is 2.62 bits per heavy atom. The van der Waals surface area contributed by atoms with Gasteiger partial charge in [-0.3, -0.25) is 4.79 Å². The fourth-order valence-corrected chi connectivity index (χ4v) is 5.24. The molecule has 10 heteroatoms. The molecular formula is C27H30N6O4. The van der Waals surface area contributed by atoms with Crippen LogP contribution < -0.4 is 26.0 Å². The highest BCUT2D eigenvalue weighted by Crippen LogP contribution is 2.41. The lowest BCUT2D eigenvalue weighted by Gasteiger charge is -2.40. The number of nitrogens with zero attached hydrogens (tertiary/aromatic N) is 3. The molecule has 4 N–H and O–H groups in total. The molecule has 4 heterocycles. The molecule has 0 radical (unpaired) electrons. The lowest BCUT2D eigenvalue weighted by atomic mass is 10.0. The van der Waals surface area contributed by atoms with E-state index in [1.807, 2.05) is 26.0 Å². The van der Waals surface area contributed by atoms with Gasteiger partial charge in [-0.1, -0.05) is 13.0 Å². The number of carbonyl (C=O) groups is 1. The molecule has 2 aromatic carbocycles. The molecule has 0 saturated carbocycles. The summed E-state index contributed by atoms with van der Waals surface area (Å²) < 4.78 is 17.8. The molecule has 3 aliphatic rings. The van der Waals surface area contributed by atoms with Gasteiger partial charge in [0.1, 0.15) is 11.4 Å². The highest BCUT2D eigenvalue weighted by molar-refractivity contribution is 6.09. The van der Waals surface area contributed by atoms with E-state index in [1.165, 1.54) is 0 Å². The van der Waals surface area contributed by atoms with E-state index in [0.29, 0.717) is 48.5 Å². The van der Waals surface area contributed by atoms with Crippen molar-refractivity contribution in [3.05, 3.63) is 53.3 Å². The third kappa shape index (κ3) is 4.42. The molecule has 0 atom stereocenters. The molecule has 2 bridgehead atoms. The summed E-state index contributed by atoms with van der Waals surface area (Å²) in [5, 5.41) is 6.39. The van der Waals surface area contributed by atoms with E-state index in [1.54, 1.807) is 18.2 Å². The second-order valence-electron chi connectivity index (χ2n) is 9.56. The standard InChI is InChI=1S/C27H30N6O4/c1-3-20-26(37-19-6-4-5-17(28)14-19)32-24-22(30-20)25(34)31-21-15-18(29-24)13-16(2)23(21)33-9-7-27(8-10-33)35-11-12-36-27/h4-6,13-15H,3,7-12,28H2,1-2H3,(H,29,32)(H,31,34). The van der Waals surface area contributed by atoms with Gasteiger partial charge in [-0.15, -0.1) is 0 Å². The number of carbonyl (C=O) groups excluding carboxylic acids is 1. The second kappa shape index (κ2) is 9.20. The highest BCUT2D eigenvalue weighted by Gasteiger charge is 2.40. The van der Waals surface area contributed by atoms with Crippen molar-refractivity contribution in [3.63, 3.8) is 0 Å². The molecule has 3 aliphatic heterocycles. The molecular weight excluding hydrogens is 472 g/mol. The van der Waals surface area contributed by atoms with Crippen LogP contribution in [-0.2, 0) is 15.9 Å². The van der Waals surface area contributed by atoms with Crippen LogP contribution in [-0.4, -0.2) is 48.0 Å². The fraction of sp³-hybridized carbons (Fsp3) is 0.370. The van der Waals surface area contributed by atoms with Gasteiger partial charge in [0.25, 0.3) is 5.91 Å². The lowest BCUT2D eigenvalue weighted by molar-refractivity contribution is -0.169. The number of benzene rings is 2. The average molecular weight is 503 g/mol. The largest absolute Gasteiger partial charge is 0.437 e. The first-order chi connectivity index (χ1) is 17.9. The van der Waals surface area contributed by atoms with E-state index in [-0.39, 0.29) is 11.6 Å². The van der Waals surface area contributed by atoms with Gasteiger partial charge < -0.3 is 35.5 Å². The first kappa shape index (κ1) is 23.5. The molecule has 192 valence electrons. The van der Waals surface area contributed by atoms with Crippen molar-refractivity contribution in [2.75, 3.05) is 47.6 Å². The zero-order valence-electron chi connectivity index (χ0n) is 21.0. The summed E-state index contributed by atoms with van der Waals surface area (Å²) in [5.41, 5.74) is 10.9. The molecule has 0 unspecified atom stereocenters. The minimum atomic E-state index is -0.461. The summed E-state index contributed by atoms with van der Waals surface area (Å²) in [6, 6.07) is 11.1. The van der Waals surface area contributed by atoms with Crippen LogP contribution >= 0.6 is 0 Å². The van der Waals surface area contributed by atoms with Gasteiger partial charge in [-0.05, 0) is 43.2 Å². The van der Waals surface area contributed by atoms with E-state index in [9.17, 15) is 4.79 Å². The number of hydrogen-bond donors (Lipinski definition) is 3. The third-order valence-electron chi connectivity index (χ3n) is 7.02. The molecule has 1 aromatic heterocycles. The maximum Gasteiger partial charge on any atom is 0.278 e. The number of anilines is 5. The summed E-state index contributed by atoms with van der Waals surface area (Å²) in [5.74, 6) is 0.436. The molecule has 37 heavy (non-hydrogen) atoms. The Morgan fingerprint density at radius 2 is 1.89 bits per heavy atom. The Bertz CT molecular complexity index is 1360. The van der Waals surface area contributed by atoms with E-state index < -0.39 is 5.79 Å². The van der Waals surface area contributed by atoms with Gasteiger partial charge in [0.15, 0.2) is 17.3 Å². The Hall–Kier alpha value is -3.89. The summed E-state index contributed by atoms with van der Waals surface area (Å²) in [4.78, 5) is 25.0. The maximum atomic E-state index is 13.4. The lowest BCUT2D eigenvalue weighted by Crippen LogP contribution is -2.45. The third-order valence-corrected chi connectivity index (χ3v) is 7.02. The number of aryl methyl sites for hydroxylation is 2. The van der Waals surface area contributed by atoms with Crippen molar-refractivity contribution in [1.82, 2.24) is 9.97 Å². The van der Waals surface area contributed by atoms with Crippen molar-refractivity contribution in [3.8, 4) is 11.6 Å². The molecule has 2 saturated heterocycles. The van der Waals surface area contributed by atoms with Crippen LogP contribution in [0.25, 0.3) is 0 Å². The number of nitrogen functional groups attached to an aromatic ring is 1. The SMILES string of the molecule is CCc1nc2c(nc1Oc1cccc(N)c1)Nc1cc(C)c(N3CCC4(CC3)OCCO4)c(c1)NC2=O. The summed E-state index contributed by atoms with van der Waals surface area (Å²) >= 11 is 0. The van der Waals surface area contributed by atoms with E-state index in [4.69, 9.17) is 19.9 Å². The van der Waals surface area contributed by atoms with E-state index >= 15 is 0 Å². The van der Waals surface area contributed by atoms with Crippen LogP contribution in [0.1, 0.15) is 41.5 Å². The predicted molar refractivity (Wildman–Crippen MR) is 141 cm³/mol. The number of ether oxygens (including phenoxy) is 3. The van der Waals surface area contributed by atoms with Crippen LogP contribution in [0.3, 0.4) is 0 Å². The van der Waals surface area contributed by atoms with Crippen molar-refractivity contribution in [1.29, 1.82) is 0 Å². The monoisotopic (exact) mass is 502 g/mol. The van der Waals surface area contributed by atoms with Crippen molar-refractivity contribution >= 4 is 34.5 Å². The smallest absolute Gasteiger partial charge is 0.278 e. The number of hydrogen-bond acceptors (Lipinski definition) is 9. The van der Waals surface area contributed by atoms with Gasteiger partial charge in [0, 0.05) is 43.4 Å². The molecule has 3 aromatic rings. The zero-order chi connectivity index (χ0) is 25.6. The number of fused-ring (bicyclic) bond motifs is 3. The van der Waals surface area contributed by atoms with Crippen LogP contribution in [0.5, 0.6) is 11.6 Å². The van der Waals surface area contributed by atoms with Crippen LogP contribution in [0.15, 0.2) is 36.4 Å². The molecule has 1 spiro atoms. The van der Waals surface area contributed by atoms with Crippen molar-refractivity contribution in [2.24, 2.45) is 0 Å². The topological polar surface area (TPSA) is 124 Å². The number of amides is 1. The van der Waals surface area contributed by atoms with Crippen molar-refractivity contribution in [2.45, 2.75) is 38.9 Å². The van der Waals surface area contributed by atoms with Crippen LogP contribution in [0.2, 0.25) is 0 Å². The van der Waals surface area contributed by atoms with Gasteiger partial charge in [0.05, 0.1) is 24.6 Å². The Labute approximate surface area is 215 Å². The molecule has 0 aliphatic carbocycles. The summed E-state index contributed by atoms with van der Waals surface area (Å²) in [6.07, 6.45) is 2.11. The van der Waals surface area contributed by atoms with Gasteiger partial charge in [-0.25, -0.2) is 4.98 Å². The van der Waals surface area contributed by atoms with Gasteiger partial charge in [-0.2, -0.15) is 4.98 Å². The van der Waals surface area contributed by atoms with Crippen LogP contribution in [0.4, 0.5) is 28.6 Å². The molecule has 6 rings (SSSR count). The number of nitrogens with two attached hydrogens (primary N) is 1. The number of rotatable bonds is 4.